The van der Waals surface area contributed by atoms with Crippen molar-refractivity contribution in [1.29, 1.82) is 0 Å². The summed E-state index contributed by atoms with van der Waals surface area (Å²) >= 11 is 0. The van der Waals surface area contributed by atoms with E-state index in [0.717, 1.165) is 44.0 Å². The van der Waals surface area contributed by atoms with Crippen LogP contribution in [0.15, 0.2) is 34.5 Å². The van der Waals surface area contributed by atoms with Gasteiger partial charge in [-0.2, -0.15) is 5.10 Å². The molecule has 0 saturated heterocycles. The fourth-order valence-electron chi connectivity index (χ4n) is 3.52. The van der Waals surface area contributed by atoms with Gasteiger partial charge < -0.3 is 9.80 Å². The lowest BCUT2D eigenvalue weighted by atomic mass is 9.88. The molecule has 2 aliphatic rings. The molecule has 0 radical (unpaired) electrons. The van der Waals surface area contributed by atoms with Crippen LogP contribution in [0.5, 0.6) is 0 Å². The predicted octanol–water partition coefficient (Wildman–Crippen LogP) is 6.47. The van der Waals surface area contributed by atoms with Crippen LogP contribution in [0.1, 0.15) is 65.9 Å². The molecular weight excluding hydrogens is 401 g/mol. The second-order valence-electron chi connectivity index (χ2n) is 8.45. The molecular formula is C26H44FN5. The summed E-state index contributed by atoms with van der Waals surface area (Å²) in [7, 11) is 4.04. The fourth-order valence-corrected chi connectivity index (χ4v) is 3.52. The Hall–Kier alpha value is -2.21. The Balaban J connectivity index is 0.000000629. The first-order valence-electron chi connectivity index (χ1n) is 12.1. The number of nitrogens with zero attached hydrogens (tertiary/aromatic N) is 5. The first-order valence-corrected chi connectivity index (χ1v) is 12.1. The van der Waals surface area contributed by atoms with E-state index >= 15 is 0 Å². The van der Waals surface area contributed by atoms with Crippen LogP contribution in [-0.2, 0) is 6.42 Å². The molecule has 1 fully saturated rings. The number of hydrogen-bond acceptors (Lipinski definition) is 5. The maximum Gasteiger partial charge on any atom is 0.154 e. The molecule has 1 aliphatic heterocycles. The highest BCUT2D eigenvalue weighted by Crippen LogP contribution is 2.39. The van der Waals surface area contributed by atoms with Crippen molar-refractivity contribution in [3.8, 4) is 0 Å². The Morgan fingerprint density at radius 1 is 1.19 bits per heavy atom. The summed E-state index contributed by atoms with van der Waals surface area (Å²) in [6.07, 6.45) is 6.21. The third-order valence-electron chi connectivity index (χ3n) is 5.64. The second kappa shape index (κ2) is 14.0. The normalized spacial score (nSPS) is 15.0. The van der Waals surface area contributed by atoms with E-state index in [9.17, 15) is 4.39 Å². The number of aryl methyl sites for hydroxylation is 1. The number of hydrogen-bond donors (Lipinski definition) is 0. The smallest absolute Gasteiger partial charge is 0.154 e. The van der Waals surface area contributed by atoms with Gasteiger partial charge in [0.25, 0.3) is 0 Å². The minimum atomic E-state index is -0.330. The van der Waals surface area contributed by atoms with Gasteiger partial charge in [-0.15, -0.1) is 0 Å². The number of benzene rings is 1. The average Bonchev–Trinajstić information content (AvgIpc) is 2.75. The van der Waals surface area contributed by atoms with Crippen molar-refractivity contribution < 1.29 is 4.39 Å². The molecule has 0 bridgehead atoms. The summed E-state index contributed by atoms with van der Waals surface area (Å²) in [5.41, 5.74) is 2.46. The Morgan fingerprint density at radius 2 is 1.81 bits per heavy atom. The molecule has 1 aromatic rings. The Morgan fingerprint density at radius 3 is 2.25 bits per heavy atom. The zero-order valence-corrected chi connectivity index (χ0v) is 21.4. The molecule has 0 atom stereocenters. The first-order chi connectivity index (χ1) is 15.3. The van der Waals surface area contributed by atoms with E-state index in [4.69, 9.17) is 0 Å². The summed E-state index contributed by atoms with van der Waals surface area (Å²) in [6, 6.07) is 3.49. The van der Waals surface area contributed by atoms with E-state index in [2.05, 4.69) is 47.0 Å². The molecule has 5 nitrogen and oxygen atoms in total. The van der Waals surface area contributed by atoms with Crippen molar-refractivity contribution in [1.82, 2.24) is 9.80 Å². The van der Waals surface area contributed by atoms with Crippen LogP contribution in [0.4, 0.5) is 15.8 Å². The van der Waals surface area contributed by atoms with Gasteiger partial charge in [-0.05, 0) is 51.1 Å². The fraction of sp³-hybridized carbons (Fsp3) is 0.615. The topological polar surface area (TPSA) is 34.4 Å². The van der Waals surface area contributed by atoms with Crippen LogP contribution in [0.3, 0.4) is 0 Å². The van der Waals surface area contributed by atoms with E-state index in [-0.39, 0.29) is 5.82 Å². The van der Waals surface area contributed by atoms with E-state index in [0.29, 0.717) is 22.9 Å². The number of rotatable bonds is 7. The maximum absolute atomic E-state index is 14.7. The predicted molar refractivity (Wildman–Crippen MR) is 139 cm³/mol. The number of likely N-dealkylation sites (N-methyl/N-ethyl adjacent to an activating group) is 2. The summed E-state index contributed by atoms with van der Waals surface area (Å²) in [5, 5.41) is 5.67. The number of hydrazone groups is 1. The highest BCUT2D eigenvalue weighted by atomic mass is 19.1. The lowest BCUT2D eigenvalue weighted by Crippen LogP contribution is -2.41. The van der Waals surface area contributed by atoms with Gasteiger partial charge in [0.1, 0.15) is 11.4 Å². The van der Waals surface area contributed by atoms with Crippen molar-refractivity contribution in [2.45, 2.75) is 66.7 Å². The first kappa shape index (κ1) is 27.8. The minimum Gasteiger partial charge on any atom is -0.354 e. The van der Waals surface area contributed by atoms with Gasteiger partial charge in [-0.1, -0.05) is 60.0 Å². The molecule has 3 rings (SSSR count). The van der Waals surface area contributed by atoms with E-state index < -0.39 is 0 Å². The van der Waals surface area contributed by atoms with Gasteiger partial charge >= 0.3 is 0 Å². The van der Waals surface area contributed by atoms with Crippen molar-refractivity contribution >= 4 is 23.9 Å². The molecule has 0 aromatic heterocycles. The third kappa shape index (κ3) is 7.44. The van der Waals surface area contributed by atoms with Gasteiger partial charge in [0, 0.05) is 26.4 Å². The third-order valence-corrected chi connectivity index (χ3v) is 5.64. The average molecular weight is 446 g/mol. The summed E-state index contributed by atoms with van der Waals surface area (Å²) < 4.78 is 14.7. The lowest BCUT2D eigenvalue weighted by Gasteiger charge is -2.34. The van der Waals surface area contributed by atoms with E-state index in [1.807, 2.05) is 40.9 Å². The minimum absolute atomic E-state index is 0.304. The summed E-state index contributed by atoms with van der Waals surface area (Å²) in [4.78, 5) is 8.78. The van der Waals surface area contributed by atoms with Crippen LogP contribution < -0.4 is 5.01 Å². The lowest BCUT2D eigenvalue weighted by molar-refractivity contribution is 0.337. The monoisotopic (exact) mass is 445 g/mol. The number of amidine groups is 1. The molecule has 0 amide bonds. The molecule has 32 heavy (non-hydrogen) atoms. The number of halogens is 1. The molecule has 0 unspecified atom stereocenters. The van der Waals surface area contributed by atoms with Gasteiger partial charge in [0.2, 0.25) is 0 Å². The zero-order chi connectivity index (χ0) is 24.3. The molecule has 1 aliphatic carbocycles. The zero-order valence-electron chi connectivity index (χ0n) is 21.4. The van der Waals surface area contributed by atoms with Gasteiger partial charge in [-0.25, -0.2) is 14.4 Å². The molecule has 0 spiro atoms. The quantitative estimate of drug-likeness (QED) is 0.451. The second-order valence-corrected chi connectivity index (χ2v) is 8.45. The van der Waals surface area contributed by atoms with Crippen LogP contribution in [-0.4, -0.2) is 56.1 Å². The largest absolute Gasteiger partial charge is 0.354 e. The number of fused-ring (bicyclic) bond motifs is 1. The van der Waals surface area contributed by atoms with Crippen molar-refractivity contribution in [3.05, 3.63) is 35.8 Å². The molecule has 1 saturated carbocycles. The van der Waals surface area contributed by atoms with E-state index in [1.54, 1.807) is 11.1 Å². The van der Waals surface area contributed by atoms with Gasteiger partial charge in [-0.3, -0.25) is 0 Å². The Labute approximate surface area is 195 Å². The van der Waals surface area contributed by atoms with Gasteiger partial charge in [0.15, 0.2) is 11.7 Å². The maximum atomic E-state index is 14.7. The van der Waals surface area contributed by atoms with Crippen molar-refractivity contribution in [2.75, 3.05) is 38.7 Å². The van der Waals surface area contributed by atoms with Crippen molar-refractivity contribution in [3.63, 3.8) is 0 Å². The summed E-state index contributed by atoms with van der Waals surface area (Å²) in [6.45, 7) is 20.6. The van der Waals surface area contributed by atoms with Crippen LogP contribution in [0.2, 0.25) is 0 Å². The van der Waals surface area contributed by atoms with E-state index in [1.165, 1.54) is 19.3 Å². The van der Waals surface area contributed by atoms with Gasteiger partial charge in [0.05, 0.1) is 5.69 Å². The number of anilines is 1. The molecule has 180 valence electrons. The standard InChI is InChI=1S/C19H28FN5.C5H10.C2H6/c1-7-9-15-12-16(20)18-17(13-15)25(21-4)14(3)19(22-18)24(8-2)11-10-23(5)6;1-5-3-2-4-5;1-2/h12-13H,3-4,7-11H2,1-2,5-6H3;5H,2-4H2,1H3;1-2H3. The highest BCUT2D eigenvalue weighted by Gasteiger charge is 2.28. The molecule has 0 N–H and O–H groups in total. The summed E-state index contributed by atoms with van der Waals surface area (Å²) in [5.74, 6) is 1.38. The van der Waals surface area contributed by atoms with Crippen LogP contribution >= 0.6 is 0 Å². The highest BCUT2D eigenvalue weighted by molar-refractivity contribution is 6.06. The molecule has 1 aromatic carbocycles. The molecule has 1 heterocycles. The Bertz CT molecular complexity index is 768. The van der Waals surface area contributed by atoms with Crippen molar-refractivity contribution in [2.24, 2.45) is 16.0 Å². The van der Waals surface area contributed by atoms with Crippen LogP contribution in [0, 0.1) is 11.7 Å². The SMILES string of the molecule is C=NN1C(=C)C(N(CC)CCN(C)C)=Nc2c(F)cc(CCC)cc21.CC.CC1CCC1. The number of aliphatic imine (C=N–C) groups is 1. The Kier molecular flexibility index (Phi) is 12.2. The van der Waals surface area contributed by atoms with Crippen LogP contribution in [0.25, 0.3) is 0 Å². The molecule has 6 heteroatoms.